The Morgan fingerprint density at radius 2 is 1.07 bits per heavy atom. The van der Waals surface area contributed by atoms with Crippen molar-refractivity contribution in [1.82, 2.24) is 19.9 Å². The van der Waals surface area contributed by atoms with E-state index in [1.165, 1.54) is 0 Å². The molecule has 258 valence electrons. The molecule has 6 heteroatoms. The summed E-state index contributed by atoms with van der Waals surface area (Å²) in [5, 5.41) is 9.78. The van der Waals surface area contributed by atoms with E-state index in [-0.39, 0.29) is 0 Å². The van der Waals surface area contributed by atoms with E-state index in [0.717, 1.165) is 72.3 Å². The van der Waals surface area contributed by atoms with Gasteiger partial charge in [-0.1, -0.05) is 117 Å². The Morgan fingerprint density at radius 3 is 1.65 bits per heavy atom. The van der Waals surface area contributed by atoms with Crippen LogP contribution < -0.4 is 0 Å². The highest BCUT2D eigenvalue weighted by molar-refractivity contribution is 5.93. The Morgan fingerprint density at radius 1 is 0.527 bits per heavy atom. The SMILES string of the molecule is [C-]#[N+]c1cc(C#N)cc2c1-c1ccc(-c3cc(-c4ccc(-c5cccnc5)cc4)cc(-c4nc(-c5ccccc5)nc(-c5ccccc5)n4)c3)cc1C2(C)C. The number of hydrogen-bond acceptors (Lipinski definition) is 5. The third-order valence-electron chi connectivity index (χ3n) is 10.4. The molecule has 0 amide bonds. The summed E-state index contributed by atoms with van der Waals surface area (Å²) in [6.07, 6.45) is 3.66. The lowest BCUT2D eigenvalue weighted by Crippen LogP contribution is -2.15. The molecule has 9 rings (SSSR count). The van der Waals surface area contributed by atoms with Gasteiger partial charge in [0.2, 0.25) is 0 Å². The zero-order valence-electron chi connectivity index (χ0n) is 30.2. The smallest absolute Gasteiger partial charge is 0.196 e. The number of nitrogens with zero attached hydrogens (tertiary/aromatic N) is 6. The first-order chi connectivity index (χ1) is 26.9. The Kier molecular flexibility index (Phi) is 8.15. The quantitative estimate of drug-likeness (QED) is 0.161. The molecule has 0 aliphatic heterocycles. The van der Waals surface area contributed by atoms with Crippen LogP contribution in [-0.2, 0) is 5.41 Å². The molecule has 2 heterocycles. The van der Waals surface area contributed by atoms with Gasteiger partial charge in [-0.05, 0) is 98.1 Å². The lowest BCUT2D eigenvalue weighted by Gasteiger charge is -2.22. The molecule has 6 nitrogen and oxygen atoms in total. The molecule has 0 unspecified atom stereocenters. The van der Waals surface area contributed by atoms with Gasteiger partial charge in [0, 0.05) is 40.1 Å². The molecule has 0 N–H and O–H groups in total. The molecule has 0 atom stereocenters. The fraction of sp³-hybridized carbons (Fsp3) is 0.0612. The van der Waals surface area contributed by atoms with Gasteiger partial charge in [-0.3, -0.25) is 4.98 Å². The van der Waals surface area contributed by atoms with Crippen molar-refractivity contribution in [3.63, 3.8) is 0 Å². The number of fused-ring (bicyclic) bond motifs is 3. The zero-order valence-corrected chi connectivity index (χ0v) is 30.2. The molecule has 0 saturated heterocycles. The van der Waals surface area contributed by atoms with Crippen LogP contribution in [0.4, 0.5) is 5.69 Å². The van der Waals surface area contributed by atoms with E-state index >= 15 is 0 Å². The molecule has 2 aromatic heterocycles. The minimum atomic E-state index is -0.418. The summed E-state index contributed by atoms with van der Waals surface area (Å²) in [6.45, 7) is 12.3. The zero-order chi connectivity index (χ0) is 37.5. The summed E-state index contributed by atoms with van der Waals surface area (Å²) in [6, 6.07) is 51.5. The van der Waals surface area contributed by atoms with E-state index in [1.807, 2.05) is 79.0 Å². The third-order valence-corrected chi connectivity index (χ3v) is 10.4. The molecule has 0 bridgehead atoms. The maximum absolute atomic E-state index is 9.78. The summed E-state index contributed by atoms with van der Waals surface area (Å²) in [5.74, 6) is 1.77. The molecule has 8 aromatic rings. The highest BCUT2D eigenvalue weighted by atomic mass is 15.0. The van der Waals surface area contributed by atoms with Crippen molar-refractivity contribution in [3.05, 3.63) is 186 Å². The van der Waals surface area contributed by atoms with Crippen molar-refractivity contribution in [2.24, 2.45) is 0 Å². The Balaban J connectivity index is 1.24. The predicted molar refractivity (Wildman–Crippen MR) is 219 cm³/mol. The van der Waals surface area contributed by atoms with Crippen molar-refractivity contribution in [1.29, 1.82) is 5.26 Å². The van der Waals surface area contributed by atoms with Crippen molar-refractivity contribution in [2.75, 3.05) is 0 Å². The van der Waals surface area contributed by atoms with E-state index in [0.29, 0.717) is 28.7 Å². The average molecular weight is 705 g/mol. The van der Waals surface area contributed by atoms with Gasteiger partial charge in [-0.25, -0.2) is 19.8 Å². The van der Waals surface area contributed by atoms with Gasteiger partial charge in [-0.15, -0.1) is 0 Å². The van der Waals surface area contributed by atoms with Gasteiger partial charge in [0.1, 0.15) is 0 Å². The highest BCUT2D eigenvalue weighted by Gasteiger charge is 2.37. The topological polar surface area (TPSA) is 79.7 Å². The summed E-state index contributed by atoms with van der Waals surface area (Å²) >= 11 is 0. The lowest BCUT2D eigenvalue weighted by atomic mass is 9.81. The molecular weight excluding hydrogens is 673 g/mol. The van der Waals surface area contributed by atoms with Gasteiger partial charge >= 0.3 is 0 Å². The van der Waals surface area contributed by atoms with E-state index in [2.05, 4.69) is 96.5 Å². The first-order valence-corrected chi connectivity index (χ1v) is 18.0. The van der Waals surface area contributed by atoms with Crippen molar-refractivity contribution in [2.45, 2.75) is 19.3 Å². The summed E-state index contributed by atoms with van der Waals surface area (Å²) < 4.78 is 0. The molecule has 55 heavy (non-hydrogen) atoms. The summed E-state index contributed by atoms with van der Waals surface area (Å²) in [7, 11) is 0. The van der Waals surface area contributed by atoms with E-state index in [1.54, 1.807) is 12.3 Å². The highest BCUT2D eigenvalue weighted by Crippen LogP contribution is 2.53. The normalized spacial score (nSPS) is 12.3. The molecule has 0 radical (unpaired) electrons. The monoisotopic (exact) mass is 704 g/mol. The average Bonchev–Trinajstić information content (AvgIpc) is 3.49. The van der Waals surface area contributed by atoms with Crippen LogP contribution in [0.25, 0.3) is 83.5 Å². The molecule has 1 aliphatic rings. The van der Waals surface area contributed by atoms with Crippen molar-refractivity contribution < 1.29 is 0 Å². The first kappa shape index (κ1) is 33.3. The van der Waals surface area contributed by atoms with Crippen LogP contribution in [0, 0.1) is 17.9 Å². The lowest BCUT2D eigenvalue weighted by molar-refractivity contribution is 0.660. The van der Waals surface area contributed by atoms with Gasteiger partial charge in [0.05, 0.1) is 12.6 Å². The number of benzene rings is 6. The molecule has 0 fully saturated rings. The Labute approximate surface area is 320 Å². The van der Waals surface area contributed by atoms with Crippen LogP contribution in [-0.4, -0.2) is 19.9 Å². The minimum absolute atomic E-state index is 0.418. The van der Waals surface area contributed by atoms with Crippen LogP contribution in [0.2, 0.25) is 0 Å². The number of nitriles is 1. The largest absolute Gasteiger partial charge is 0.264 e. The van der Waals surface area contributed by atoms with Crippen LogP contribution in [0.3, 0.4) is 0 Å². The number of aromatic nitrogens is 4. The van der Waals surface area contributed by atoms with E-state index in [4.69, 9.17) is 21.5 Å². The van der Waals surface area contributed by atoms with Crippen LogP contribution in [0.1, 0.15) is 30.5 Å². The second-order valence-corrected chi connectivity index (χ2v) is 14.2. The fourth-order valence-corrected chi connectivity index (χ4v) is 7.58. The predicted octanol–water partition coefficient (Wildman–Crippen LogP) is 12.0. The van der Waals surface area contributed by atoms with Crippen LogP contribution in [0.5, 0.6) is 0 Å². The van der Waals surface area contributed by atoms with Crippen molar-refractivity contribution >= 4 is 5.69 Å². The Bertz CT molecular complexity index is 2780. The second-order valence-electron chi connectivity index (χ2n) is 14.2. The fourth-order valence-electron chi connectivity index (χ4n) is 7.58. The van der Waals surface area contributed by atoms with Crippen molar-refractivity contribution in [3.8, 4) is 84.7 Å². The number of pyridine rings is 1. The summed E-state index contributed by atoms with van der Waals surface area (Å²) in [4.78, 5) is 23.3. The van der Waals surface area contributed by atoms with Gasteiger partial charge in [0.15, 0.2) is 23.2 Å². The molecule has 6 aromatic carbocycles. The molecule has 0 spiro atoms. The maximum Gasteiger partial charge on any atom is 0.196 e. The van der Waals surface area contributed by atoms with Gasteiger partial charge in [-0.2, -0.15) is 5.26 Å². The minimum Gasteiger partial charge on any atom is -0.264 e. The third kappa shape index (κ3) is 6.03. The van der Waals surface area contributed by atoms with Gasteiger partial charge < -0.3 is 0 Å². The number of hydrogen-bond donors (Lipinski definition) is 0. The molecule has 1 aliphatic carbocycles. The van der Waals surface area contributed by atoms with E-state index in [9.17, 15) is 5.26 Å². The molecular formula is C49H32N6. The van der Waals surface area contributed by atoms with E-state index < -0.39 is 5.41 Å². The standard InChI is InChI=1S/C49H32N6/c1-49(2)42-28-36(20-21-41(42)45-43(49)23-31(29-50)24-44(45)51-3)39-25-38(33-18-16-32(17-19-33)37-15-10-22-52-30-37)26-40(27-39)48-54-46(34-11-6-4-7-12-34)53-47(55-48)35-13-8-5-9-14-35/h4-28,30H,1-2H3. The molecule has 0 saturated carbocycles. The number of rotatable bonds is 6. The summed E-state index contributed by atoms with van der Waals surface area (Å²) in [5.41, 5.74) is 13.6. The van der Waals surface area contributed by atoms with Crippen LogP contribution in [0.15, 0.2) is 158 Å². The van der Waals surface area contributed by atoms with Gasteiger partial charge in [0.25, 0.3) is 0 Å². The first-order valence-electron chi connectivity index (χ1n) is 18.0. The maximum atomic E-state index is 9.78. The second kappa shape index (κ2) is 13.5. The van der Waals surface area contributed by atoms with Crippen LogP contribution >= 0.6 is 0 Å². The Hall–Kier alpha value is -7.54.